The molecule has 28 heavy (non-hydrogen) atoms. The number of hydrogen-bond acceptors (Lipinski definition) is 9. The van der Waals surface area contributed by atoms with E-state index in [2.05, 4.69) is 10.2 Å². The second kappa shape index (κ2) is 5.37. The van der Waals surface area contributed by atoms with Crippen LogP contribution in [0.25, 0.3) is 22.1 Å². The van der Waals surface area contributed by atoms with Crippen molar-refractivity contribution in [1.82, 2.24) is 14.8 Å². The number of nitrogens with one attached hydrogen (secondary N) is 1. The third kappa shape index (κ3) is 2.18. The minimum absolute atomic E-state index is 0.117. The first-order valence-corrected chi connectivity index (χ1v) is 7.21. The number of aromatic amines is 1. The summed E-state index contributed by atoms with van der Waals surface area (Å²) in [5.41, 5.74) is -3.12. The van der Waals surface area contributed by atoms with Crippen LogP contribution in [0.1, 0.15) is 0 Å². The molecule has 4 aromatic rings. The number of nitro groups is 4. The van der Waals surface area contributed by atoms with Crippen molar-refractivity contribution in [2.24, 2.45) is 0 Å². The Kier molecular flexibility index (Phi) is 3.20. The lowest BCUT2D eigenvalue weighted by Crippen LogP contribution is -2.28. The molecule has 0 atom stereocenters. The second-order valence-corrected chi connectivity index (χ2v) is 5.53. The van der Waals surface area contributed by atoms with E-state index in [1.165, 1.54) is 0 Å². The molecule has 0 saturated heterocycles. The SMILES string of the molecule is O=[N+]([O-])c1cc([N+](=O)[O-])c2[nH][n+]3c4cc([N+](=O)[O-])cc([N+](=O)[O-])c4nn3c2c1. The zero-order valence-corrected chi connectivity index (χ0v) is 13.2. The van der Waals surface area contributed by atoms with Crippen molar-refractivity contribution < 1.29 is 24.3 Å². The number of nitro benzene ring substituents is 4. The van der Waals surface area contributed by atoms with Gasteiger partial charge in [-0.15, -0.1) is 0 Å². The molecular weight excluding hydrogens is 384 g/mol. The molecule has 0 spiro atoms. The predicted octanol–water partition coefficient (Wildman–Crippen LogP) is 1.19. The van der Waals surface area contributed by atoms with Crippen molar-refractivity contribution in [2.45, 2.75) is 0 Å². The maximum atomic E-state index is 11.3. The summed E-state index contributed by atoms with van der Waals surface area (Å²) < 4.78 is 1.92. The summed E-state index contributed by atoms with van der Waals surface area (Å²) in [4.78, 5) is 41.3. The van der Waals surface area contributed by atoms with Crippen LogP contribution >= 0.6 is 0 Å². The largest absolute Gasteiger partial charge is 0.334 e. The Labute approximate surface area is 149 Å². The summed E-state index contributed by atoms with van der Waals surface area (Å²) in [6.45, 7) is 0. The smallest absolute Gasteiger partial charge is 0.258 e. The lowest BCUT2D eigenvalue weighted by atomic mass is 10.2. The van der Waals surface area contributed by atoms with Crippen LogP contribution in [-0.4, -0.2) is 34.5 Å². The van der Waals surface area contributed by atoms with Crippen LogP contribution in [0, 0.1) is 40.5 Å². The lowest BCUT2D eigenvalue weighted by molar-refractivity contribution is -0.649. The van der Waals surface area contributed by atoms with Gasteiger partial charge in [0.15, 0.2) is 11.0 Å². The molecule has 0 aliphatic carbocycles. The van der Waals surface area contributed by atoms with Crippen LogP contribution in [0.2, 0.25) is 0 Å². The third-order valence-electron chi connectivity index (χ3n) is 4.00. The molecule has 0 aliphatic heterocycles. The van der Waals surface area contributed by atoms with Crippen LogP contribution in [-0.2, 0) is 0 Å². The predicted molar refractivity (Wildman–Crippen MR) is 86.8 cm³/mol. The van der Waals surface area contributed by atoms with Gasteiger partial charge in [-0.2, -0.15) is 5.10 Å². The van der Waals surface area contributed by atoms with E-state index in [1.54, 1.807) is 0 Å². The Morgan fingerprint density at radius 1 is 0.821 bits per heavy atom. The second-order valence-electron chi connectivity index (χ2n) is 5.53. The first kappa shape index (κ1) is 16.7. The fraction of sp³-hybridized carbons (Fsp3) is 0. The Bertz CT molecular complexity index is 1280. The zero-order valence-electron chi connectivity index (χ0n) is 13.2. The molecule has 0 aliphatic rings. The first-order chi connectivity index (χ1) is 13.2. The highest BCUT2D eigenvalue weighted by Gasteiger charge is 2.34. The monoisotopic (exact) mass is 389 g/mol. The van der Waals surface area contributed by atoms with Crippen LogP contribution in [0.15, 0.2) is 24.3 Å². The quantitative estimate of drug-likeness (QED) is 0.301. The van der Waals surface area contributed by atoms with Gasteiger partial charge in [-0.3, -0.25) is 40.5 Å². The van der Waals surface area contributed by atoms with Crippen molar-refractivity contribution in [2.75, 3.05) is 0 Å². The number of aromatic nitrogens is 4. The summed E-state index contributed by atoms with van der Waals surface area (Å²) in [5.74, 6) is 0. The van der Waals surface area contributed by atoms with E-state index in [0.717, 1.165) is 33.5 Å². The van der Waals surface area contributed by atoms with E-state index >= 15 is 0 Å². The maximum absolute atomic E-state index is 11.3. The van der Waals surface area contributed by atoms with E-state index in [4.69, 9.17) is 0 Å². The van der Waals surface area contributed by atoms with E-state index in [9.17, 15) is 40.5 Å². The number of hydrogen-bond donors (Lipinski definition) is 1. The average molecular weight is 389 g/mol. The Morgan fingerprint density at radius 3 is 1.96 bits per heavy atom. The Balaban J connectivity index is 2.21. The van der Waals surface area contributed by atoms with E-state index in [0.29, 0.717) is 0 Å². The highest BCUT2D eigenvalue weighted by Crippen LogP contribution is 2.31. The lowest BCUT2D eigenvalue weighted by Gasteiger charge is -1.93. The highest BCUT2D eigenvalue weighted by molar-refractivity contribution is 5.88. The molecular formula is C12H5N8O8+. The average Bonchev–Trinajstić information content (AvgIpc) is 3.15. The van der Waals surface area contributed by atoms with Gasteiger partial charge in [0.05, 0.1) is 49.1 Å². The number of non-ortho nitro benzene ring substituents is 4. The fourth-order valence-electron chi connectivity index (χ4n) is 2.83. The minimum Gasteiger partial charge on any atom is -0.258 e. The maximum Gasteiger partial charge on any atom is 0.334 e. The number of rotatable bonds is 4. The van der Waals surface area contributed by atoms with Gasteiger partial charge in [0, 0.05) is 4.63 Å². The minimum atomic E-state index is -0.866. The number of nitrogens with zero attached hydrogens (tertiary/aromatic N) is 7. The number of H-pyrrole nitrogens is 1. The molecule has 2 aromatic carbocycles. The van der Waals surface area contributed by atoms with Gasteiger partial charge >= 0.3 is 16.9 Å². The summed E-state index contributed by atoms with van der Waals surface area (Å²) in [5, 5.41) is 51.2. The Hall–Kier alpha value is -4.76. The van der Waals surface area contributed by atoms with Crippen molar-refractivity contribution in [1.29, 1.82) is 0 Å². The Morgan fingerprint density at radius 2 is 1.39 bits per heavy atom. The molecule has 0 unspecified atom stereocenters. The molecule has 2 aromatic heterocycles. The first-order valence-electron chi connectivity index (χ1n) is 7.21. The van der Waals surface area contributed by atoms with Crippen molar-refractivity contribution in [3.63, 3.8) is 0 Å². The standard InChI is InChI=1S/C12H5N8O8/c21-17(22)5-1-7-11(9(3-5)19(25)26)13-16-8-2-6(18(23)24)4-10(20(27)28)12(8)14-15(7)16/h1-4,13H/q+1. The van der Waals surface area contributed by atoms with Gasteiger partial charge in [-0.25, -0.2) is 0 Å². The van der Waals surface area contributed by atoms with Crippen molar-refractivity contribution in [3.05, 3.63) is 64.7 Å². The normalized spacial score (nSPS) is 11.3. The van der Waals surface area contributed by atoms with E-state index in [1.807, 2.05) is 0 Å². The van der Waals surface area contributed by atoms with E-state index < -0.39 is 42.4 Å². The molecule has 0 saturated carbocycles. The van der Waals surface area contributed by atoms with Gasteiger partial charge in [0.1, 0.15) is 0 Å². The number of benzene rings is 2. The molecule has 16 heteroatoms. The molecule has 2 heterocycles. The topological polar surface area (TPSA) is 210 Å². The zero-order chi connectivity index (χ0) is 20.3. The van der Waals surface area contributed by atoms with Crippen LogP contribution in [0.4, 0.5) is 22.7 Å². The van der Waals surface area contributed by atoms with Crippen LogP contribution in [0.5, 0.6) is 0 Å². The molecule has 1 N–H and O–H groups in total. The van der Waals surface area contributed by atoms with Gasteiger partial charge < -0.3 is 0 Å². The molecule has 0 bridgehead atoms. The third-order valence-corrected chi connectivity index (χ3v) is 4.00. The molecule has 4 rings (SSSR count). The van der Waals surface area contributed by atoms with E-state index in [-0.39, 0.29) is 22.1 Å². The van der Waals surface area contributed by atoms with Crippen molar-refractivity contribution >= 4 is 44.8 Å². The van der Waals surface area contributed by atoms with Gasteiger partial charge in [-0.1, -0.05) is 0 Å². The van der Waals surface area contributed by atoms with Gasteiger partial charge in [0.25, 0.3) is 11.4 Å². The summed E-state index contributed by atoms with van der Waals surface area (Å²) in [6, 6.07) is 3.45. The van der Waals surface area contributed by atoms with Gasteiger partial charge in [-0.05, 0) is 4.63 Å². The molecule has 0 radical (unpaired) electrons. The summed E-state index contributed by atoms with van der Waals surface area (Å²) in [6.07, 6.45) is 0. The summed E-state index contributed by atoms with van der Waals surface area (Å²) >= 11 is 0. The highest BCUT2D eigenvalue weighted by atomic mass is 16.6. The summed E-state index contributed by atoms with van der Waals surface area (Å²) in [7, 11) is 0. The van der Waals surface area contributed by atoms with Crippen molar-refractivity contribution in [3.8, 4) is 0 Å². The molecule has 16 nitrogen and oxygen atoms in total. The number of fused-ring (bicyclic) bond motifs is 5. The van der Waals surface area contributed by atoms with Gasteiger partial charge in [0.2, 0.25) is 5.52 Å². The van der Waals surface area contributed by atoms with Crippen LogP contribution in [0.3, 0.4) is 0 Å². The molecule has 0 fully saturated rings. The molecule has 140 valence electrons. The van der Waals surface area contributed by atoms with Crippen LogP contribution < -0.4 is 4.63 Å². The fourth-order valence-corrected chi connectivity index (χ4v) is 2.83. The molecule has 0 amide bonds.